The molecular weight excluding hydrogens is 289 g/mol. The van der Waals surface area contributed by atoms with Crippen LogP contribution >= 0.6 is 11.6 Å². The van der Waals surface area contributed by atoms with Crippen molar-refractivity contribution in [1.82, 2.24) is 0 Å². The van der Waals surface area contributed by atoms with E-state index in [-0.39, 0.29) is 12.4 Å². The summed E-state index contributed by atoms with van der Waals surface area (Å²) in [5, 5.41) is 0.370. The van der Waals surface area contributed by atoms with E-state index in [0.29, 0.717) is 16.3 Å². The molecular formula is C17H18ClFNO. The number of ether oxygens (including phenoxy) is 1. The number of hydrogen-bond donors (Lipinski definition) is 0. The van der Waals surface area contributed by atoms with Crippen molar-refractivity contribution in [2.45, 2.75) is 20.5 Å². The number of halogens is 2. The Labute approximate surface area is 130 Å². The first-order valence-electron chi connectivity index (χ1n) is 6.98. The summed E-state index contributed by atoms with van der Waals surface area (Å²) in [6, 6.07) is 13.3. The molecule has 2 aromatic carbocycles. The Morgan fingerprint density at radius 2 is 2.00 bits per heavy atom. The van der Waals surface area contributed by atoms with Gasteiger partial charge in [0.25, 0.3) is 0 Å². The van der Waals surface area contributed by atoms with Crippen molar-refractivity contribution in [1.29, 1.82) is 0 Å². The van der Waals surface area contributed by atoms with E-state index in [2.05, 4.69) is 24.8 Å². The molecule has 0 amide bonds. The standard InChI is InChI=1S/C17H18ClFNO/c1-3-20(4-2)13-7-5-8-14(11-13)21-12-15-16(18)9-6-10-17(15)19/h5-7,9-11H,3-4,12H2,1-2H3. The summed E-state index contributed by atoms with van der Waals surface area (Å²) < 4.78 is 19.3. The molecule has 2 nitrogen and oxygen atoms in total. The average molecular weight is 307 g/mol. The first-order chi connectivity index (χ1) is 10.2. The van der Waals surface area contributed by atoms with Crippen LogP contribution in [0.5, 0.6) is 5.75 Å². The van der Waals surface area contributed by atoms with Crippen molar-refractivity contribution in [3.8, 4) is 5.75 Å². The van der Waals surface area contributed by atoms with E-state index in [4.69, 9.17) is 16.3 Å². The van der Waals surface area contributed by atoms with Crippen LogP contribution in [0.15, 0.2) is 36.4 Å². The van der Waals surface area contributed by atoms with Gasteiger partial charge in [0.05, 0.1) is 5.02 Å². The van der Waals surface area contributed by atoms with E-state index in [1.807, 2.05) is 18.2 Å². The third-order valence-electron chi connectivity index (χ3n) is 3.32. The minimum Gasteiger partial charge on any atom is -0.488 e. The van der Waals surface area contributed by atoms with Crippen molar-refractivity contribution in [3.05, 3.63) is 58.9 Å². The normalized spacial score (nSPS) is 10.5. The molecule has 0 N–H and O–H groups in total. The number of benzene rings is 2. The van der Waals surface area contributed by atoms with Gasteiger partial charge in [-0.3, -0.25) is 0 Å². The van der Waals surface area contributed by atoms with E-state index in [0.717, 1.165) is 18.8 Å². The largest absolute Gasteiger partial charge is 0.488 e. The van der Waals surface area contributed by atoms with Crippen LogP contribution in [0.4, 0.5) is 10.1 Å². The summed E-state index contributed by atoms with van der Waals surface area (Å²) >= 11 is 5.98. The van der Waals surface area contributed by atoms with Crippen LogP contribution < -0.4 is 9.64 Å². The van der Waals surface area contributed by atoms with Crippen LogP contribution in [0, 0.1) is 11.9 Å². The van der Waals surface area contributed by atoms with Gasteiger partial charge in [-0.15, -0.1) is 0 Å². The van der Waals surface area contributed by atoms with Crippen LogP contribution in [-0.2, 0) is 6.61 Å². The summed E-state index contributed by atoms with van der Waals surface area (Å²) in [4.78, 5) is 2.21. The number of hydrogen-bond acceptors (Lipinski definition) is 2. The summed E-state index contributed by atoms with van der Waals surface area (Å²) in [5.74, 6) is 0.223. The topological polar surface area (TPSA) is 12.5 Å². The van der Waals surface area contributed by atoms with Crippen molar-refractivity contribution >= 4 is 17.3 Å². The maximum atomic E-state index is 13.7. The van der Waals surface area contributed by atoms with Gasteiger partial charge in [0.1, 0.15) is 18.2 Å². The lowest BCUT2D eigenvalue weighted by molar-refractivity contribution is 0.299. The van der Waals surface area contributed by atoms with E-state index in [9.17, 15) is 4.39 Å². The van der Waals surface area contributed by atoms with E-state index in [1.54, 1.807) is 12.1 Å². The Kier molecular flexibility index (Phi) is 5.45. The third-order valence-corrected chi connectivity index (χ3v) is 3.68. The summed E-state index contributed by atoms with van der Waals surface area (Å²) in [5.41, 5.74) is 1.43. The minimum atomic E-state index is -0.359. The molecule has 0 unspecified atom stereocenters. The molecule has 0 heterocycles. The molecule has 0 aromatic heterocycles. The van der Waals surface area contributed by atoms with Gasteiger partial charge in [-0.05, 0) is 38.1 Å². The first kappa shape index (κ1) is 15.6. The Bertz CT molecular complexity index is 579. The zero-order valence-corrected chi connectivity index (χ0v) is 13.0. The number of rotatable bonds is 6. The predicted molar refractivity (Wildman–Crippen MR) is 84.6 cm³/mol. The molecule has 0 atom stereocenters. The second kappa shape index (κ2) is 7.32. The molecule has 0 bridgehead atoms. The van der Waals surface area contributed by atoms with Crippen LogP contribution in [0.2, 0.25) is 5.02 Å². The lowest BCUT2D eigenvalue weighted by Crippen LogP contribution is -2.21. The van der Waals surface area contributed by atoms with E-state index in [1.165, 1.54) is 6.07 Å². The summed E-state index contributed by atoms with van der Waals surface area (Å²) in [7, 11) is 0. The molecule has 0 spiro atoms. The fourth-order valence-corrected chi connectivity index (χ4v) is 2.34. The van der Waals surface area contributed by atoms with Gasteiger partial charge in [-0.25, -0.2) is 4.39 Å². The van der Waals surface area contributed by atoms with Gasteiger partial charge in [0.2, 0.25) is 0 Å². The van der Waals surface area contributed by atoms with Gasteiger partial charge in [-0.2, -0.15) is 0 Å². The Hall–Kier alpha value is -1.74. The van der Waals surface area contributed by atoms with Crippen molar-refractivity contribution in [2.75, 3.05) is 18.0 Å². The van der Waals surface area contributed by atoms with Crippen molar-refractivity contribution in [3.63, 3.8) is 0 Å². The molecule has 0 aliphatic heterocycles. The van der Waals surface area contributed by atoms with E-state index < -0.39 is 0 Å². The molecule has 2 aromatic rings. The SMILES string of the molecule is CCN(CC)c1cc[c]c(OCc2c(F)cccc2Cl)c1. The zero-order valence-electron chi connectivity index (χ0n) is 12.2. The lowest BCUT2D eigenvalue weighted by Gasteiger charge is -2.21. The first-order valence-corrected chi connectivity index (χ1v) is 7.35. The highest BCUT2D eigenvalue weighted by Gasteiger charge is 2.09. The van der Waals surface area contributed by atoms with Crippen molar-refractivity contribution < 1.29 is 9.13 Å². The molecule has 0 saturated carbocycles. The van der Waals surface area contributed by atoms with Crippen LogP contribution in [0.1, 0.15) is 19.4 Å². The molecule has 0 fully saturated rings. The summed E-state index contributed by atoms with van der Waals surface area (Å²) in [6.07, 6.45) is 0. The fraction of sp³-hybridized carbons (Fsp3) is 0.294. The van der Waals surface area contributed by atoms with Gasteiger partial charge in [0, 0.05) is 36.5 Å². The molecule has 0 aliphatic rings. The Morgan fingerprint density at radius 1 is 1.24 bits per heavy atom. The highest BCUT2D eigenvalue weighted by atomic mass is 35.5. The second-order valence-electron chi connectivity index (χ2n) is 4.57. The maximum absolute atomic E-state index is 13.7. The monoisotopic (exact) mass is 306 g/mol. The highest BCUT2D eigenvalue weighted by molar-refractivity contribution is 6.31. The van der Waals surface area contributed by atoms with Gasteiger partial charge < -0.3 is 9.64 Å². The Balaban J connectivity index is 2.12. The fourth-order valence-electron chi connectivity index (χ4n) is 2.12. The predicted octanol–water partition coefficient (Wildman–Crippen LogP) is 4.70. The molecule has 0 saturated heterocycles. The van der Waals surface area contributed by atoms with Gasteiger partial charge in [0.15, 0.2) is 0 Å². The summed E-state index contributed by atoms with van der Waals surface area (Å²) in [6.45, 7) is 6.11. The third kappa shape index (κ3) is 3.88. The molecule has 2 rings (SSSR count). The van der Waals surface area contributed by atoms with Crippen LogP contribution in [0.3, 0.4) is 0 Å². The van der Waals surface area contributed by atoms with Crippen LogP contribution in [0.25, 0.3) is 0 Å². The van der Waals surface area contributed by atoms with Crippen molar-refractivity contribution in [2.24, 2.45) is 0 Å². The molecule has 111 valence electrons. The quantitative estimate of drug-likeness (QED) is 0.766. The molecule has 0 aliphatic carbocycles. The average Bonchev–Trinajstić information content (AvgIpc) is 2.48. The minimum absolute atomic E-state index is 0.0870. The van der Waals surface area contributed by atoms with Gasteiger partial charge >= 0.3 is 0 Å². The number of nitrogens with zero attached hydrogens (tertiary/aromatic N) is 1. The van der Waals surface area contributed by atoms with E-state index >= 15 is 0 Å². The van der Waals surface area contributed by atoms with Gasteiger partial charge in [-0.1, -0.05) is 17.7 Å². The zero-order chi connectivity index (χ0) is 15.2. The highest BCUT2D eigenvalue weighted by Crippen LogP contribution is 2.24. The molecule has 1 radical (unpaired) electrons. The molecule has 4 heteroatoms. The lowest BCUT2D eigenvalue weighted by atomic mass is 10.2. The second-order valence-corrected chi connectivity index (χ2v) is 4.98. The van der Waals surface area contributed by atoms with Crippen LogP contribution in [-0.4, -0.2) is 13.1 Å². The smallest absolute Gasteiger partial charge is 0.131 e. The Morgan fingerprint density at radius 3 is 2.67 bits per heavy atom. The maximum Gasteiger partial charge on any atom is 0.131 e. The molecule has 21 heavy (non-hydrogen) atoms. The number of anilines is 1.